The molecule has 0 bridgehead atoms. The number of carbonyl (C=O) groups is 3. The molecule has 4 amide bonds. The van der Waals surface area contributed by atoms with Gasteiger partial charge < -0.3 is 10.2 Å². The molecule has 2 fully saturated rings. The molecular formula is C26H32N4O3S. The Hall–Kier alpha value is -2.87. The lowest BCUT2D eigenvalue weighted by molar-refractivity contribution is -0.135. The summed E-state index contributed by atoms with van der Waals surface area (Å²) in [7, 11) is 0. The molecule has 180 valence electrons. The van der Waals surface area contributed by atoms with E-state index in [4.69, 9.17) is 0 Å². The third-order valence-electron chi connectivity index (χ3n) is 6.81. The van der Waals surface area contributed by atoms with Crippen LogP contribution in [-0.2, 0) is 16.0 Å². The van der Waals surface area contributed by atoms with Crippen molar-refractivity contribution in [1.82, 2.24) is 20.1 Å². The van der Waals surface area contributed by atoms with E-state index in [1.54, 1.807) is 18.0 Å². The number of amides is 4. The van der Waals surface area contributed by atoms with Crippen LogP contribution in [0.25, 0.3) is 0 Å². The number of nitrogens with zero attached hydrogens (tertiary/aromatic N) is 3. The number of aromatic nitrogens is 1. The van der Waals surface area contributed by atoms with Crippen LogP contribution in [0.4, 0.5) is 4.79 Å². The highest BCUT2D eigenvalue weighted by atomic mass is 32.2. The van der Waals surface area contributed by atoms with E-state index in [1.165, 1.54) is 4.90 Å². The molecule has 2 aromatic rings. The van der Waals surface area contributed by atoms with Crippen molar-refractivity contribution in [3.05, 3.63) is 60.4 Å². The van der Waals surface area contributed by atoms with Gasteiger partial charge in [0.2, 0.25) is 5.91 Å². The van der Waals surface area contributed by atoms with Crippen molar-refractivity contribution in [2.24, 2.45) is 5.92 Å². The fourth-order valence-corrected chi connectivity index (χ4v) is 5.86. The molecule has 1 atom stereocenters. The molecule has 34 heavy (non-hydrogen) atoms. The van der Waals surface area contributed by atoms with Crippen molar-refractivity contribution >= 4 is 29.6 Å². The minimum absolute atomic E-state index is 0.0228. The molecule has 3 heterocycles. The Labute approximate surface area is 205 Å². The number of hydrogen-bond acceptors (Lipinski definition) is 5. The van der Waals surface area contributed by atoms with E-state index in [-0.39, 0.29) is 23.8 Å². The first kappa shape index (κ1) is 24.3. The number of hydrogen-bond donors (Lipinski definition) is 1. The van der Waals surface area contributed by atoms with Gasteiger partial charge in [0.1, 0.15) is 5.54 Å². The zero-order chi connectivity index (χ0) is 24.0. The van der Waals surface area contributed by atoms with E-state index in [1.807, 2.05) is 60.4 Å². The second kappa shape index (κ2) is 11.0. The van der Waals surface area contributed by atoms with Gasteiger partial charge in [0.25, 0.3) is 5.91 Å². The monoisotopic (exact) mass is 480 g/mol. The molecule has 0 aliphatic carbocycles. The molecule has 1 unspecified atom stereocenters. The number of piperidine rings is 1. The number of likely N-dealkylation sites (tertiary alicyclic amines) is 1. The van der Waals surface area contributed by atoms with Crippen LogP contribution in [0.5, 0.6) is 0 Å². The Balaban J connectivity index is 1.36. The van der Waals surface area contributed by atoms with Gasteiger partial charge in [-0.2, -0.15) is 0 Å². The van der Waals surface area contributed by atoms with Crippen molar-refractivity contribution in [1.29, 1.82) is 0 Å². The Bertz CT molecular complexity index is 996. The van der Waals surface area contributed by atoms with Crippen LogP contribution in [0.2, 0.25) is 0 Å². The zero-order valence-corrected chi connectivity index (χ0v) is 20.4. The van der Waals surface area contributed by atoms with Gasteiger partial charge in [0.05, 0.1) is 5.75 Å². The Morgan fingerprint density at radius 3 is 2.53 bits per heavy atom. The van der Waals surface area contributed by atoms with E-state index in [0.717, 1.165) is 17.0 Å². The van der Waals surface area contributed by atoms with Crippen molar-refractivity contribution in [3.8, 4) is 0 Å². The second-order valence-corrected chi connectivity index (χ2v) is 9.98. The maximum atomic E-state index is 13.6. The first-order valence-electron chi connectivity index (χ1n) is 12.0. The van der Waals surface area contributed by atoms with Gasteiger partial charge in [-0.25, -0.2) is 4.79 Å². The topological polar surface area (TPSA) is 82.6 Å². The third kappa shape index (κ3) is 5.27. The molecule has 1 aromatic carbocycles. The minimum Gasteiger partial charge on any atom is -0.342 e. The smallest absolute Gasteiger partial charge is 0.325 e. The fraction of sp³-hybridized carbons (Fsp3) is 0.462. The first-order valence-corrected chi connectivity index (χ1v) is 13.0. The molecule has 0 spiro atoms. The Kier molecular flexibility index (Phi) is 7.88. The van der Waals surface area contributed by atoms with Gasteiger partial charge in [-0.05, 0) is 49.4 Å². The number of imide groups is 1. The molecular weight excluding hydrogens is 448 g/mol. The average molecular weight is 481 g/mol. The van der Waals surface area contributed by atoms with Gasteiger partial charge in [0, 0.05) is 42.8 Å². The van der Waals surface area contributed by atoms with Crippen molar-refractivity contribution < 1.29 is 14.4 Å². The summed E-state index contributed by atoms with van der Waals surface area (Å²) in [6, 6.07) is 15.3. The normalized spacial score (nSPS) is 21.1. The molecule has 2 aliphatic heterocycles. The quantitative estimate of drug-likeness (QED) is 0.437. The van der Waals surface area contributed by atoms with Gasteiger partial charge >= 0.3 is 6.03 Å². The summed E-state index contributed by atoms with van der Waals surface area (Å²) in [6.45, 7) is 3.58. The fourth-order valence-electron chi connectivity index (χ4n) is 5.04. The number of urea groups is 1. The van der Waals surface area contributed by atoms with Crippen molar-refractivity contribution in [2.75, 3.05) is 25.4 Å². The van der Waals surface area contributed by atoms with E-state index >= 15 is 0 Å². The summed E-state index contributed by atoms with van der Waals surface area (Å²) >= 11 is 1.55. The molecule has 1 N–H and O–H groups in total. The molecule has 0 radical (unpaired) electrons. The van der Waals surface area contributed by atoms with Crippen LogP contribution in [0.1, 0.15) is 38.3 Å². The van der Waals surface area contributed by atoms with Crippen LogP contribution in [0.15, 0.2) is 59.6 Å². The molecule has 7 nitrogen and oxygen atoms in total. The van der Waals surface area contributed by atoms with Gasteiger partial charge in [0.15, 0.2) is 0 Å². The second-order valence-electron chi connectivity index (χ2n) is 8.94. The highest BCUT2D eigenvalue weighted by molar-refractivity contribution is 8.00. The van der Waals surface area contributed by atoms with Gasteiger partial charge in [-0.1, -0.05) is 37.6 Å². The maximum absolute atomic E-state index is 13.6. The lowest BCUT2D eigenvalue weighted by Gasteiger charge is -2.41. The van der Waals surface area contributed by atoms with Crippen molar-refractivity contribution in [2.45, 2.75) is 49.5 Å². The predicted molar refractivity (Wildman–Crippen MR) is 132 cm³/mol. The van der Waals surface area contributed by atoms with E-state index in [0.29, 0.717) is 51.1 Å². The summed E-state index contributed by atoms with van der Waals surface area (Å²) in [5.41, 5.74) is -0.0135. The third-order valence-corrected chi connectivity index (χ3v) is 7.81. The summed E-state index contributed by atoms with van der Waals surface area (Å²) < 4.78 is 0. The number of pyridine rings is 1. The summed E-state index contributed by atoms with van der Waals surface area (Å²) in [4.78, 5) is 47.8. The summed E-state index contributed by atoms with van der Waals surface area (Å²) in [5.74, 6) is 0.427. The van der Waals surface area contributed by atoms with Crippen LogP contribution < -0.4 is 5.32 Å². The molecule has 1 aromatic heterocycles. The van der Waals surface area contributed by atoms with Crippen LogP contribution >= 0.6 is 11.8 Å². The average Bonchev–Trinajstić information content (AvgIpc) is 3.12. The predicted octanol–water partition coefficient (Wildman–Crippen LogP) is 3.75. The van der Waals surface area contributed by atoms with Gasteiger partial charge in [-0.15, -0.1) is 11.8 Å². The number of rotatable bonds is 9. The molecule has 2 saturated heterocycles. The first-order chi connectivity index (χ1) is 16.5. The number of nitrogens with one attached hydrogen (secondary N) is 1. The summed E-state index contributed by atoms with van der Waals surface area (Å²) in [5, 5.41) is 3.07. The molecule has 0 saturated carbocycles. The van der Waals surface area contributed by atoms with Crippen LogP contribution in [-0.4, -0.2) is 63.6 Å². The number of thioether (sulfide) groups is 1. The summed E-state index contributed by atoms with van der Waals surface area (Å²) in [6.07, 6.45) is 5.08. The van der Waals surface area contributed by atoms with Crippen LogP contribution in [0, 0.1) is 5.92 Å². The number of carbonyl (C=O) groups excluding carboxylic acids is 3. The lowest BCUT2D eigenvalue weighted by atomic mass is 9.74. The van der Waals surface area contributed by atoms with E-state index in [9.17, 15) is 14.4 Å². The van der Waals surface area contributed by atoms with E-state index in [2.05, 4.69) is 10.3 Å². The minimum atomic E-state index is -0.871. The maximum Gasteiger partial charge on any atom is 0.325 e. The SMILES string of the molecule is CCCC1(C2CCN(C(=O)CSc3ccccc3)CC2)NC(=O)N(CCc2ccccn2)C1=O. The molecule has 2 aliphatic rings. The van der Waals surface area contributed by atoms with Gasteiger partial charge in [-0.3, -0.25) is 19.5 Å². The zero-order valence-electron chi connectivity index (χ0n) is 19.6. The molecule has 4 rings (SSSR count). The van der Waals surface area contributed by atoms with Crippen LogP contribution in [0.3, 0.4) is 0 Å². The Morgan fingerprint density at radius 2 is 1.85 bits per heavy atom. The van der Waals surface area contributed by atoms with E-state index < -0.39 is 5.54 Å². The highest BCUT2D eigenvalue weighted by Gasteiger charge is 2.55. The Morgan fingerprint density at radius 1 is 1.12 bits per heavy atom. The standard InChI is InChI=1S/C26H32N4O3S/c1-2-14-26(24(32)30(25(33)28-26)18-13-21-8-6-7-15-27-21)20-11-16-29(17-12-20)23(31)19-34-22-9-4-3-5-10-22/h3-10,15,20H,2,11-14,16-19H2,1H3,(H,28,33). The number of benzene rings is 1. The van der Waals surface area contributed by atoms with Crippen molar-refractivity contribution in [3.63, 3.8) is 0 Å². The largest absolute Gasteiger partial charge is 0.342 e. The highest BCUT2D eigenvalue weighted by Crippen LogP contribution is 2.37. The lowest BCUT2D eigenvalue weighted by Crippen LogP contribution is -2.56. The molecule has 8 heteroatoms.